The fourth-order valence-corrected chi connectivity index (χ4v) is 3.26. The van der Waals surface area contributed by atoms with Crippen molar-refractivity contribution in [1.82, 2.24) is 15.0 Å². The Morgan fingerprint density at radius 1 is 1.10 bits per heavy atom. The van der Waals surface area contributed by atoms with Crippen LogP contribution in [0.1, 0.15) is 22.2 Å². The third kappa shape index (κ3) is 3.79. The van der Waals surface area contributed by atoms with Gasteiger partial charge in [-0.25, -0.2) is 0 Å². The molecule has 4 rings (SSSR count). The Morgan fingerprint density at radius 3 is 2.66 bits per heavy atom. The lowest BCUT2D eigenvalue weighted by atomic mass is 10.1. The Labute approximate surface area is 168 Å². The van der Waals surface area contributed by atoms with Gasteiger partial charge in [0.1, 0.15) is 6.04 Å². The molecular formula is C21H21N3O5. The number of hydrogen-bond acceptors (Lipinski definition) is 7. The first-order chi connectivity index (χ1) is 14.2. The van der Waals surface area contributed by atoms with E-state index in [-0.39, 0.29) is 5.91 Å². The zero-order valence-electron chi connectivity index (χ0n) is 16.2. The first-order valence-electron chi connectivity index (χ1n) is 9.21. The summed E-state index contributed by atoms with van der Waals surface area (Å²) in [6.07, 6.45) is 0. The summed E-state index contributed by atoms with van der Waals surface area (Å²) < 4.78 is 21.6. The summed E-state index contributed by atoms with van der Waals surface area (Å²) in [5.41, 5.74) is 1.31. The summed E-state index contributed by atoms with van der Waals surface area (Å²) in [5, 5.41) is 4.10. The molecule has 8 nitrogen and oxygen atoms in total. The maximum atomic E-state index is 13.2. The second-order valence-electron chi connectivity index (χ2n) is 6.48. The van der Waals surface area contributed by atoms with E-state index in [4.69, 9.17) is 18.7 Å². The number of rotatable bonds is 5. The Hall–Kier alpha value is -3.39. The van der Waals surface area contributed by atoms with Crippen LogP contribution in [-0.4, -0.2) is 54.9 Å². The second kappa shape index (κ2) is 8.32. The number of ether oxygens (including phenoxy) is 3. The molecule has 1 atom stereocenters. The van der Waals surface area contributed by atoms with Crippen molar-refractivity contribution in [3.63, 3.8) is 0 Å². The number of carbonyl (C=O) groups is 1. The highest BCUT2D eigenvalue weighted by atomic mass is 16.5. The van der Waals surface area contributed by atoms with E-state index in [1.165, 1.54) is 7.11 Å². The lowest BCUT2D eigenvalue weighted by Gasteiger charge is -2.33. The second-order valence-corrected chi connectivity index (χ2v) is 6.48. The summed E-state index contributed by atoms with van der Waals surface area (Å²) >= 11 is 0. The van der Waals surface area contributed by atoms with Gasteiger partial charge in [0.25, 0.3) is 11.8 Å². The molecule has 0 bridgehead atoms. The lowest BCUT2D eigenvalue weighted by Crippen LogP contribution is -2.43. The molecular weight excluding hydrogens is 374 g/mol. The number of methoxy groups -OCH3 is 2. The average molecular weight is 395 g/mol. The topological polar surface area (TPSA) is 86.9 Å². The molecule has 0 N–H and O–H groups in total. The molecule has 1 aromatic heterocycles. The average Bonchev–Trinajstić information content (AvgIpc) is 3.29. The van der Waals surface area contributed by atoms with Gasteiger partial charge in [-0.1, -0.05) is 23.4 Å². The number of aromatic nitrogens is 2. The number of morpholine rings is 1. The van der Waals surface area contributed by atoms with Crippen molar-refractivity contribution in [2.24, 2.45) is 0 Å². The maximum absolute atomic E-state index is 13.2. The highest BCUT2D eigenvalue weighted by Crippen LogP contribution is 2.31. The summed E-state index contributed by atoms with van der Waals surface area (Å²) in [5.74, 6) is 1.72. The molecule has 1 amide bonds. The van der Waals surface area contributed by atoms with Crippen LogP contribution >= 0.6 is 0 Å². The zero-order valence-corrected chi connectivity index (χ0v) is 16.2. The first-order valence-corrected chi connectivity index (χ1v) is 9.21. The minimum absolute atomic E-state index is 0.162. The normalized spacial score (nSPS) is 16.5. The smallest absolute Gasteiger partial charge is 0.257 e. The van der Waals surface area contributed by atoms with E-state index in [9.17, 15) is 4.79 Å². The van der Waals surface area contributed by atoms with E-state index in [0.717, 1.165) is 5.56 Å². The molecule has 0 saturated carbocycles. The summed E-state index contributed by atoms with van der Waals surface area (Å²) in [7, 11) is 3.09. The fourth-order valence-electron chi connectivity index (χ4n) is 3.26. The SMILES string of the molecule is COc1ccc(C(=O)N2CCOC[C@H]2c2noc(-c3ccccc3)n2)cc1OC. The van der Waals surface area contributed by atoms with Crippen LogP contribution in [-0.2, 0) is 4.74 Å². The molecule has 29 heavy (non-hydrogen) atoms. The number of benzene rings is 2. The van der Waals surface area contributed by atoms with Crippen molar-refractivity contribution in [1.29, 1.82) is 0 Å². The van der Waals surface area contributed by atoms with E-state index in [0.29, 0.717) is 48.5 Å². The Kier molecular flexibility index (Phi) is 5.44. The van der Waals surface area contributed by atoms with Crippen LogP contribution in [0.2, 0.25) is 0 Å². The van der Waals surface area contributed by atoms with Crippen molar-refractivity contribution in [2.75, 3.05) is 34.0 Å². The van der Waals surface area contributed by atoms with E-state index in [1.807, 2.05) is 30.3 Å². The number of hydrogen-bond donors (Lipinski definition) is 0. The monoisotopic (exact) mass is 395 g/mol. The van der Waals surface area contributed by atoms with Crippen molar-refractivity contribution >= 4 is 5.91 Å². The molecule has 0 radical (unpaired) electrons. The van der Waals surface area contributed by atoms with Crippen molar-refractivity contribution in [2.45, 2.75) is 6.04 Å². The van der Waals surface area contributed by atoms with Crippen LogP contribution in [0.4, 0.5) is 0 Å². The van der Waals surface area contributed by atoms with E-state index in [2.05, 4.69) is 10.1 Å². The molecule has 1 fully saturated rings. The highest BCUT2D eigenvalue weighted by molar-refractivity contribution is 5.95. The van der Waals surface area contributed by atoms with Crippen molar-refractivity contribution in [3.8, 4) is 23.0 Å². The zero-order chi connectivity index (χ0) is 20.2. The molecule has 3 aromatic rings. The largest absolute Gasteiger partial charge is 0.493 e. The number of amides is 1. The first kappa shape index (κ1) is 18.9. The number of nitrogens with zero attached hydrogens (tertiary/aromatic N) is 3. The van der Waals surface area contributed by atoms with Gasteiger partial charge in [-0.3, -0.25) is 4.79 Å². The standard InChI is InChI=1S/C21H21N3O5/c1-26-17-9-8-15(12-18(17)27-2)21(25)24-10-11-28-13-16(24)19-22-20(29-23-19)14-6-4-3-5-7-14/h3-9,12,16H,10-11,13H2,1-2H3/t16-/m0/s1. The Morgan fingerprint density at radius 2 is 1.90 bits per heavy atom. The highest BCUT2D eigenvalue weighted by Gasteiger charge is 2.33. The minimum Gasteiger partial charge on any atom is -0.493 e. The van der Waals surface area contributed by atoms with Gasteiger partial charge in [-0.05, 0) is 30.3 Å². The Bertz CT molecular complexity index is 989. The third-order valence-corrected chi connectivity index (χ3v) is 4.78. The van der Waals surface area contributed by atoms with Crippen LogP contribution in [0, 0.1) is 0 Å². The quantitative estimate of drug-likeness (QED) is 0.656. The van der Waals surface area contributed by atoms with Gasteiger partial charge in [0.05, 0.1) is 27.4 Å². The predicted octanol–water partition coefficient (Wildman–Crippen LogP) is 2.97. The van der Waals surface area contributed by atoms with Crippen molar-refractivity contribution < 1.29 is 23.5 Å². The molecule has 8 heteroatoms. The van der Waals surface area contributed by atoms with Gasteiger partial charge in [0.15, 0.2) is 17.3 Å². The van der Waals surface area contributed by atoms with Crippen molar-refractivity contribution in [3.05, 3.63) is 59.9 Å². The van der Waals surface area contributed by atoms with Crippen LogP contribution in [0.3, 0.4) is 0 Å². The molecule has 1 aliphatic heterocycles. The van der Waals surface area contributed by atoms with Gasteiger partial charge < -0.3 is 23.6 Å². The fraction of sp³-hybridized carbons (Fsp3) is 0.286. The summed E-state index contributed by atoms with van der Waals surface area (Å²) in [6.45, 7) is 1.17. The molecule has 2 heterocycles. The summed E-state index contributed by atoms with van der Waals surface area (Å²) in [6, 6.07) is 14.1. The molecule has 2 aromatic carbocycles. The molecule has 150 valence electrons. The van der Waals surface area contributed by atoms with Gasteiger partial charge in [-0.2, -0.15) is 4.98 Å². The molecule has 1 aliphatic rings. The minimum atomic E-state index is -0.439. The third-order valence-electron chi connectivity index (χ3n) is 4.78. The molecule has 1 saturated heterocycles. The van der Waals surface area contributed by atoms with Gasteiger partial charge in [0, 0.05) is 17.7 Å². The molecule has 0 unspecified atom stereocenters. The van der Waals surface area contributed by atoms with Crippen LogP contribution in [0.15, 0.2) is 53.1 Å². The summed E-state index contributed by atoms with van der Waals surface area (Å²) in [4.78, 5) is 19.4. The van der Waals surface area contributed by atoms with E-state index in [1.54, 1.807) is 30.2 Å². The van der Waals surface area contributed by atoms with Gasteiger partial charge in [0.2, 0.25) is 0 Å². The Balaban J connectivity index is 1.61. The van der Waals surface area contributed by atoms with Gasteiger partial charge in [-0.15, -0.1) is 0 Å². The van der Waals surface area contributed by atoms with E-state index >= 15 is 0 Å². The maximum Gasteiger partial charge on any atom is 0.257 e. The lowest BCUT2D eigenvalue weighted by molar-refractivity contribution is -0.00578. The van der Waals surface area contributed by atoms with Gasteiger partial charge >= 0.3 is 0 Å². The molecule has 0 spiro atoms. The number of carbonyl (C=O) groups excluding carboxylic acids is 1. The molecule has 0 aliphatic carbocycles. The van der Waals surface area contributed by atoms with Crippen LogP contribution < -0.4 is 9.47 Å². The predicted molar refractivity (Wildman–Crippen MR) is 104 cm³/mol. The van der Waals surface area contributed by atoms with Crippen LogP contribution in [0.25, 0.3) is 11.5 Å². The van der Waals surface area contributed by atoms with Crippen LogP contribution in [0.5, 0.6) is 11.5 Å². The van der Waals surface area contributed by atoms with E-state index < -0.39 is 6.04 Å².